The van der Waals surface area contributed by atoms with Crippen LogP contribution in [0.3, 0.4) is 0 Å². The Morgan fingerprint density at radius 2 is 2.05 bits per heavy atom. The molecule has 2 N–H and O–H groups in total. The fourth-order valence-electron chi connectivity index (χ4n) is 2.07. The highest BCUT2D eigenvalue weighted by Gasteiger charge is 2.17. The van der Waals surface area contributed by atoms with Crippen LogP contribution in [0.15, 0.2) is 35.1 Å². The molecule has 1 aliphatic heterocycles. The lowest BCUT2D eigenvalue weighted by Crippen LogP contribution is -2.26. The molecule has 100 valence electrons. The molecule has 2 aromatic heterocycles. The zero-order valence-corrected chi connectivity index (χ0v) is 10.5. The number of nitrogens with two attached hydrogens (primary N) is 1. The Morgan fingerprint density at radius 3 is 2.79 bits per heavy atom. The van der Waals surface area contributed by atoms with Gasteiger partial charge in [0, 0.05) is 18.4 Å². The van der Waals surface area contributed by atoms with E-state index < -0.39 is 0 Å². The number of nitrogen functional groups attached to an aromatic ring is 1. The summed E-state index contributed by atoms with van der Waals surface area (Å²) in [5.41, 5.74) is 8.18. The van der Waals surface area contributed by atoms with Gasteiger partial charge in [0.1, 0.15) is 6.10 Å². The van der Waals surface area contributed by atoms with Crippen LogP contribution in [0.2, 0.25) is 0 Å². The summed E-state index contributed by atoms with van der Waals surface area (Å²) < 4.78 is 16.2. The van der Waals surface area contributed by atoms with Crippen molar-refractivity contribution in [1.82, 2.24) is 4.98 Å². The lowest BCUT2D eigenvalue weighted by Gasteiger charge is -2.23. The summed E-state index contributed by atoms with van der Waals surface area (Å²) in [4.78, 5) is 4.46. The van der Waals surface area contributed by atoms with Gasteiger partial charge < -0.3 is 19.6 Å². The number of pyridine rings is 1. The van der Waals surface area contributed by atoms with Crippen molar-refractivity contribution in [2.45, 2.75) is 18.9 Å². The minimum atomic E-state index is 0.128. The first-order valence-electron chi connectivity index (χ1n) is 6.36. The molecule has 1 saturated heterocycles. The number of hydrogen-bond acceptors (Lipinski definition) is 5. The molecule has 0 bridgehead atoms. The molecule has 5 heteroatoms. The fraction of sp³-hybridized carbons (Fsp3) is 0.357. The second-order valence-electron chi connectivity index (χ2n) is 4.53. The van der Waals surface area contributed by atoms with Gasteiger partial charge in [-0.25, -0.2) is 4.98 Å². The zero-order valence-electron chi connectivity index (χ0n) is 10.5. The van der Waals surface area contributed by atoms with Crippen LogP contribution in [0, 0.1) is 0 Å². The van der Waals surface area contributed by atoms with Crippen molar-refractivity contribution < 1.29 is 13.9 Å². The predicted molar refractivity (Wildman–Crippen MR) is 70.8 cm³/mol. The van der Waals surface area contributed by atoms with E-state index in [0.717, 1.165) is 37.3 Å². The van der Waals surface area contributed by atoms with Crippen molar-refractivity contribution in [3.63, 3.8) is 0 Å². The molecular formula is C14H16N2O3. The maximum atomic E-state index is 5.92. The molecule has 3 heterocycles. The van der Waals surface area contributed by atoms with Gasteiger partial charge >= 0.3 is 0 Å². The van der Waals surface area contributed by atoms with Crippen molar-refractivity contribution in [1.29, 1.82) is 0 Å². The van der Waals surface area contributed by atoms with E-state index in [9.17, 15) is 0 Å². The zero-order chi connectivity index (χ0) is 13.1. The van der Waals surface area contributed by atoms with Crippen molar-refractivity contribution in [3.05, 3.63) is 30.7 Å². The maximum Gasteiger partial charge on any atom is 0.238 e. The monoisotopic (exact) mass is 260 g/mol. The second kappa shape index (κ2) is 5.32. The van der Waals surface area contributed by atoms with Crippen LogP contribution in [0.4, 0.5) is 5.69 Å². The summed E-state index contributed by atoms with van der Waals surface area (Å²) >= 11 is 0. The highest BCUT2D eigenvalue weighted by molar-refractivity contribution is 5.62. The van der Waals surface area contributed by atoms with Crippen molar-refractivity contribution >= 4 is 5.69 Å². The second-order valence-corrected chi connectivity index (χ2v) is 4.53. The first-order valence-corrected chi connectivity index (χ1v) is 6.36. The molecule has 1 aliphatic rings. The van der Waals surface area contributed by atoms with E-state index in [2.05, 4.69) is 4.98 Å². The number of furan rings is 1. The molecule has 0 aliphatic carbocycles. The van der Waals surface area contributed by atoms with E-state index in [1.807, 2.05) is 18.2 Å². The largest absolute Gasteiger partial charge is 0.473 e. The standard InChI is InChI=1S/C14H16N2O3/c15-12-1-2-13(10-3-6-18-9-10)16-14(12)19-11-4-7-17-8-5-11/h1-3,6,9,11H,4-5,7-8,15H2. The molecule has 0 atom stereocenters. The number of nitrogens with zero attached hydrogens (tertiary/aromatic N) is 1. The molecule has 0 aromatic carbocycles. The number of ether oxygens (including phenoxy) is 2. The Bertz CT molecular complexity index is 534. The van der Waals surface area contributed by atoms with E-state index in [1.54, 1.807) is 12.5 Å². The lowest BCUT2D eigenvalue weighted by molar-refractivity contribution is 0.0241. The van der Waals surface area contributed by atoms with E-state index in [0.29, 0.717) is 11.6 Å². The summed E-state index contributed by atoms with van der Waals surface area (Å²) in [7, 11) is 0. The molecule has 19 heavy (non-hydrogen) atoms. The minimum Gasteiger partial charge on any atom is -0.473 e. The summed E-state index contributed by atoms with van der Waals surface area (Å²) in [5.74, 6) is 0.491. The number of rotatable bonds is 3. The first-order chi connectivity index (χ1) is 9.33. The normalized spacial score (nSPS) is 16.4. The Labute approximate surface area is 111 Å². The summed E-state index contributed by atoms with van der Waals surface area (Å²) in [6.07, 6.45) is 5.14. The highest BCUT2D eigenvalue weighted by atomic mass is 16.5. The molecule has 0 unspecified atom stereocenters. The molecule has 3 rings (SSSR count). The average Bonchev–Trinajstić information content (AvgIpc) is 2.96. The first kappa shape index (κ1) is 12.0. The van der Waals surface area contributed by atoms with Crippen molar-refractivity contribution in [2.24, 2.45) is 0 Å². The van der Waals surface area contributed by atoms with Crippen LogP contribution in [0.25, 0.3) is 11.3 Å². The Morgan fingerprint density at radius 1 is 1.21 bits per heavy atom. The molecule has 0 amide bonds. The average molecular weight is 260 g/mol. The van der Waals surface area contributed by atoms with Crippen LogP contribution < -0.4 is 10.5 Å². The van der Waals surface area contributed by atoms with Gasteiger partial charge in [-0.05, 0) is 18.2 Å². The van der Waals surface area contributed by atoms with E-state index in [1.165, 1.54) is 0 Å². The minimum absolute atomic E-state index is 0.128. The van der Waals surface area contributed by atoms with Gasteiger partial charge in [0.05, 0.1) is 37.1 Å². The van der Waals surface area contributed by atoms with Crippen LogP contribution in [-0.2, 0) is 4.74 Å². The van der Waals surface area contributed by atoms with Gasteiger partial charge in [0.25, 0.3) is 0 Å². The number of aromatic nitrogens is 1. The van der Waals surface area contributed by atoms with E-state index >= 15 is 0 Å². The summed E-state index contributed by atoms with van der Waals surface area (Å²) in [5, 5.41) is 0. The molecule has 0 spiro atoms. The molecule has 0 radical (unpaired) electrons. The third kappa shape index (κ3) is 2.71. The van der Waals surface area contributed by atoms with Gasteiger partial charge in [-0.2, -0.15) is 0 Å². The summed E-state index contributed by atoms with van der Waals surface area (Å²) in [6.45, 7) is 1.46. The fourth-order valence-corrected chi connectivity index (χ4v) is 2.07. The van der Waals surface area contributed by atoms with Crippen LogP contribution >= 0.6 is 0 Å². The van der Waals surface area contributed by atoms with Crippen LogP contribution in [0.5, 0.6) is 5.88 Å². The highest BCUT2D eigenvalue weighted by Crippen LogP contribution is 2.27. The SMILES string of the molecule is Nc1ccc(-c2ccoc2)nc1OC1CCOCC1. The predicted octanol–water partition coefficient (Wildman–Crippen LogP) is 2.48. The third-order valence-corrected chi connectivity index (χ3v) is 3.15. The van der Waals surface area contributed by atoms with E-state index in [-0.39, 0.29) is 6.10 Å². The number of hydrogen-bond donors (Lipinski definition) is 1. The van der Waals surface area contributed by atoms with E-state index in [4.69, 9.17) is 19.6 Å². The molecule has 2 aromatic rings. The van der Waals surface area contributed by atoms with Gasteiger partial charge in [-0.3, -0.25) is 0 Å². The molecule has 5 nitrogen and oxygen atoms in total. The quantitative estimate of drug-likeness (QED) is 0.918. The molecule has 1 fully saturated rings. The third-order valence-electron chi connectivity index (χ3n) is 3.15. The van der Waals surface area contributed by atoms with Crippen LogP contribution in [-0.4, -0.2) is 24.3 Å². The van der Waals surface area contributed by atoms with Gasteiger partial charge in [-0.1, -0.05) is 0 Å². The number of anilines is 1. The molecule has 0 saturated carbocycles. The van der Waals surface area contributed by atoms with Crippen molar-refractivity contribution in [2.75, 3.05) is 18.9 Å². The summed E-state index contributed by atoms with van der Waals surface area (Å²) in [6, 6.07) is 5.53. The molecular weight excluding hydrogens is 244 g/mol. The van der Waals surface area contributed by atoms with Crippen LogP contribution in [0.1, 0.15) is 12.8 Å². The topological polar surface area (TPSA) is 70.5 Å². The van der Waals surface area contributed by atoms with Gasteiger partial charge in [-0.15, -0.1) is 0 Å². The van der Waals surface area contributed by atoms with Gasteiger partial charge in [0.2, 0.25) is 5.88 Å². The smallest absolute Gasteiger partial charge is 0.238 e. The lowest BCUT2D eigenvalue weighted by atomic mass is 10.1. The van der Waals surface area contributed by atoms with Gasteiger partial charge in [0.15, 0.2) is 0 Å². The Balaban J connectivity index is 1.81. The van der Waals surface area contributed by atoms with Crippen molar-refractivity contribution in [3.8, 4) is 17.1 Å². The maximum absolute atomic E-state index is 5.92. The Kier molecular flexibility index (Phi) is 3.37. The Hall–Kier alpha value is -2.01.